The van der Waals surface area contributed by atoms with E-state index in [1.165, 1.54) is 18.2 Å². The summed E-state index contributed by atoms with van der Waals surface area (Å²) in [7, 11) is -3.53. The van der Waals surface area contributed by atoms with E-state index in [9.17, 15) is 17.9 Å². The minimum Gasteiger partial charge on any atom is -0.872 e. The Balaban J connectivity index is 3.20. The third-order valence-electron chi connectivity index (χ3n) is 1.46. The number of benzene rings is 1. The zero-order chi connectivity index (χ0) is 10.8. The number of rotatable bonds is 2. The van der Waals surface area contributed by atoms with Crippen LogP contribution in [-0.4, -0.2) is 14.7 Å². The first-order chi connectivity index (χ1) is 6.40. The third kappa shape index (κ3) is 2.85. The Morgan fingerprint density at radius 2 is 2.00 bits per heavy atom. The van der Waals surface area contributed by atoms with Crippen LogP contribution in [0.1, 0.15) is 5.56 Å². The fourth-order valence-corrected chi connectivity index (χ4v) is 1.43. The van der Waals surface area contributed by atoms with Gasteiger partial charge in [-0.05, 0) is 6.07 Å². The lowest BCUT2D eigenvalue weighted by molar-refractivity contribution is -0.243. The summed E-state index contributed by atoms with van der Waals surface area (Å²) in [5.41, 5.74) is -0.238. The SMILES string of the molecule is CS(=O)(=O)/C=C(\[O-])c1ccccc1F. The van der Waals surface area contributed by atoms with Crippen molar-refractivity contribution in [3.05, 3.63) is 41.1 Å². The lowest BCUT2D eigenvalue weighted by atomic mass is 10.2. The van der Waals surface area contributed by atoms with Gasteiger partial charge in [-0.1, -0.05) is 24.0 Å². The minimum absolute atomic E-state index is 0.238. The largest absolute Gasteiger partial charge is 0.872 e. The molecule has 5 heteroatoms. The van der Waals surface area contributed by atoms with Crippen molar-refractivity contribution in [3.8, 4) is 0 Å². The van der Waals surface area contributed by atoms with E-state index < -0.39 is 21.4 Å². The first-order valence-electron chi connectivity index (χ1n) is 3.74. The van der Waals surface area contributed by atoms with Crippen molar-refractivity contribution < 1.29 is 17.9 Å². The van der Waals surface area contributed by atoms with Crippen molar-refractivity contribution in [1.29, 1.82) is 0 Å². The molecule has 0 aliphatic rings. The number of halogens is 1. The van der Waals surface area contributed by atoms with Crippen molar-refractivity contribution in [2.24, 2.45) is 0 Å². The Morgan fingerprint density at radius 1 is 1.43 bits per heavy atom. The average molecular weight is 215 g/mol. The van der Waals surface area contributed by atoms with Crippen LogP contribution in [0.2, 0.25) is 0 Å². The second kappa shape index (κ2) is 3.79. The van der Waals surface area contributed by atoms with Crippen LogP contribution in [0.3, 0.4) is 0 Å². The highest BCUT2D eigenvalue weighted by atomic mass is 32.2. The summed E-state index contributed by atoms with van der Waals surface area (Å²) >= 11 is 0. The third-order valence-corrected chi connectivity index (χ3v) is 2.10. The van der Waals surface area contributed by atoms with Crippen LogP contribution in [0.25, 0.3) is 5.76 Å². The average Bonchev–Trinajstić information content (AvgIpc) is 2.01. The van der Waals surface area contributed by atoms with Gasteiger partial charge in [0.05, 0.1) is 0 Å². The zero-order valence-corrected chi connectivity index (χ0v) is 8.21. The minimum atomic E-state index is -3.53. The molecule has 3 nitrogen and oxygen atoms in total. The maximum atomic E-state index is 13.0. The van der Waals surface area contributed by atoms with Crippen molar-refractivity contribution in [2.45, 2.75) is 0 Å². The molecule has 14 heavy (non-hydrogen) atoms. The van der Waals surface area contributed by atoms with Gasteiger partial charge in [-0.3, -0.25) is 0 Å². The van der Waals surface area contributed by atoms with Gasteiger partial charge in [0.15, 0.2) is 9.84 Å². The number of hydrogen-bond acceptors (Lipinski definition) is 3. The van der Waals surface area contributed by atoms with Gasteiger partial charge in [-0.25, -0.2) is 12.8 Å². The van der Waals surface area contributed by atoms with Crippen molar-refractivity contribution in [3.63, 3.8) is 0 Å². The van der Waals surface area contributed by atoms with Crippen LogP contribution < -0.4 is 5.11 Å². The Kier molecular flexibility index (Phi) is 2.90. The summed E-state index contributed by atoms with van der Waals surface area (Å²) in [6.45, 7) is 0. The normalized spacial score (nSPS) is 12.9. The van der Waals surface area contributed by atoms with Gasteiger partial charge in [0.25, 0.3) is 0 Å². The Bertz CT molecular complexity index is 463. The first-order valence-corrected chi connectivity index (χ1v) is 5.69. The van der Waals surface area contributed by atoms with Gasteiger partial charge in [0.2, 0.25) is 0 Å². The summed E-state index contributed by atoms with van der Waals surface area (Å²) in [6, 6.07) is 5.22. The van der Waals surface area contributed by atoms with Crippen LogP contribution in [0.4, 0.5) is 4.39 Å². The molecule has 0 heterocycles. The summed E-state index contributed by atoms with van der Waals surface area (Å²) in [5, 5.41) is 11.7. The fourth-order valence-electron chi connectivity index (χ4n) is 0.919. The topological polar surface area (TPSA) is 57.2 Å². The molecule has 0 aliphatic carbocycles. The van der Waals surface area contributed by atoms with Crippen LogP contribution in [-0.2, 0) is 9.84 Å². The van der Waals surface area contributed by atoms with Crippen LogP contribution >= 0.6 is 0 Å². The molecule has 0 saturated carbocycles. The standard InChI is InChI=1S/C9H9FO3S/c1-14(12,13)6-9(11)7-4-2-3-5-8(7)10/h2-6,11H,1H3/p-1/b9-6-. The second-order valence-electron chi connectivity index (χ2n) is 2.79. The van der Waals surface area contributed by atoms with E-state index in [4.69, 9.17) is 0 Å². The van der Waals surface area contributed by atoms with Gasteiger partial charge >= 0.3 is 0 Å². The van der Waals surface area contributed by atoms with Crippen LogP contribution in [0, 0.1) is 5.82 Å². The molecule has 0 saturated heterocycles. The summed E-state index contributed by atoms with van der Waals surface area (Å²) in [4.78, 5) is 0. The molecular formula is C9H8FO3S-. The van der Waals surface area contributed by atoms with E-state index >= 15 is 0 Å². The molecule has 0 aliphatic heterocycles. The highest BCUT2D eigenvalue weighted by Crippen LogP contribution is 2.13. The maximum absolute atomic E-state index is 13.0. The molecule has 0 unspecified atom stereocenters. The smallest absolute Gasteiger partial charge is 0.168 e. The Labute approximate surface area is 81.4 Å². The maximum Gasteiger partial charge on any atom is 0.168 e. The van der Waals surface area contributed by atoms with Gasteiger partial charge in [-0.2, -0.15) is 0 Å². The van der Waals surface area contributed by atoms with Crippen molar-refractivity contribution >= 4 is 15.6 Å². The van der Waals surface area contributed by atoms with Gasteiger partial charge in [-0.15, -0.1) is 0 Å². The van der Waals surface area contributed by atoms with E-state index in [1.807, 2.05) is 0 Å². The molecule has 1 aromatic rings. The van der Waals surface area contributed by atoms with Crippen molar-refractivity contribution in [2.75, 3.05) is 6.26 Å². The lowest BCUT2D eigenvalue weighted by Gasteiger charge is -2.11. The molecule has 1 rings (SSSR count). The van der Waals surface area contributed by atoms with Crippen LogP contribution in [0.5, 0.6) is 0 Å². The highest BCUT2D eigenvalue weighted by molar-refractivity contribution is 7.93. The van der Waals surface area contributed by atoms with Crippen molar-refractivity contribution in [1.82, 2.24) is 0 Å². The van der Waals surface area contributed by atoms with Crippen LogP contribution in [0.15, 0.2) is 29.7 Å². The van der Waals surface area contributed by atoms with E-state index in [1.54, 1.807) is 0 Å². The van der Waals surface area contributed by atoms with Gasteiger partial charge < -0.3 is 5.11 Å². The molecule has 0 radical (unpaired) electrons. The monoisotopic (exact) mass is 215 g/mol. The van der Waals surface area contributed by atoms with E-state index in [2.05, 4.69) is 0 Å². The lowest BCUT2D eigenvalue weighted by Crippen LogP contribution is -2.07. The zero-order valence-electron chi connectivity index (χ0n) is 7.40. The van der Waals surface area contributed by atoms with E-state index in [0.29, 0.717) is 5.41 Å². The number of hydrogen-bond donors (Lipinski definition) is 0. The highest BCUT2D eigenvalue weighted by Gasteiger charge is 2.01. The fraction of sp³-hybridized carbons (Fsp3) is 0.111. The van der Waals surface area contributed by atoms with E-state index in [0.717, 1.165) is 12.3 Å². The molecule has 0 aromatic heterocycles. The predicted molar refractivity (Wildman–Crippen MR) is 49.2 cm³/mol. The molecule has 0 bridgehead atoms. The molecule has 1 aromatic carbocycles. The Morgan fingerprint density at radius 3 is 2.50 bits per heavy atom. The summed E-state index contributed by atoms with van der Waals surface area (Å²) in [5.74, 6) is -1.57. The summed E-state index contributed by atoms with van der Waals surface area (Å²) < 4.78 is 34.4. The molecule has 0 spiro atoms. The molecule has 0 fully saturated rings. The predicted octanol–water partition coefficient (Wildman–Crippen LogP) is 0.529. The summed E-state index contributed by atoms with van der Waals surface area (Å²) in [6.07, 6.45) is 0.881. The molecule has 76 valence electrons. The molecule has 0 amide bonds. The van der Waals surface area contributed by atoms with Gasteiger partial charge in [0, 0.05) is 17.2 Å². The number of sulfone groups is 1. The van der Waals surface area contributed by atoms with Gasteiger partial charge in [0.1, 0.15) is 5.82 Å². The molecule has 0 atom stereocenters. The molecule has 0 N–H and O–H groups in total. The Hall–Kier alpha value is -1.36. The first kappa shape index (κ1) is 10.7. The molecular weight excluding hydrogens is 207 g/mol. The second-order valence-corrected chi connectivity index (χ2v) is 4.69. The van der Waals surface area contributed by atoms with E-state index in [-0.39, 0.29) is 5.56 Å². The quantitative estimate of drug-likeness (QED) is 0.676.